The fraction of sp³-hybridized carbons (Fsp3) is 0.292. The van der Waals surface area contributed by atoms with Gasteiger partial charge in [0.1, 0.15) is 11.5 Å². The largest absolute Gasteiger partial charge is 0.494 e. The van der Waals surface area contributed by atoms with E-state index in [9.17, 15) is 9.59 Å². The Hall–Kier alpha value is -3.39. The zero-order chi connectivity index (χ0) is 22.8. The van der Waals surface area contributed by atoms with Crippen LogP contribution in [-0.2, 0) is 9.53 Å². The maximum absolute atomic E-state index is 13.4. The molecule has 0 N–H and O–H groups in total. The molecule has 0 amide bonds. The predicted octanol–water partition coefficient (Wildman–Crippen LogP) is 3.18. The number of allylic oxidation sites excluding steroid dienone is 1. The van der Waals surface area contributed by atoms with Gasteiger partial charge in [-0.25, -0.2) is 9.79 Å². The molecule has 0 bridgehead atoms. The first-order valence-electron chi connectivity index (χ1n) is 10.4. The fourth-order valence-corrected chi connectivity index (χ4v) is 4.62. The lowest BCUT2D eigenvalue weighted by molar-refractivity contribution is -0.143. The average Bonchev–Trinajstić information content (AvgIpc) is 3.36. The zero-order valence-electron chi connectivity index (χ0n) is 18.3. The van der Waals surface area contributed by atoms with Crippen LogP contribution >= 0.6 is 11.3 Å². The van der Waals surface area contributed by atoms with Gasteiger partial charge in [-0.2, -0.15) is 0 Å². The van der Waals surface area contributed by atoms with Gasteiger partial charge in [-0.1, -0.05) is 23.5 Å². The molecular weight excluding hydrogens is 428 g/mol. The smallest absolute Gasteiger partial charge is 0.338 e. The number of carbonyl (C=O) groups is 1. The van der Waals surface area contributed by atoms with E-state index < -0.39 is 12.0 Å². The van der Waals surface area contributed by atoms with Gasteiger partial charge in [0.25, 0.3) is 5.56 Å². The van der Waals surface area contributed by atoms with Crippen molar-refractivity contribution in [2.75, 3.05) is 6.61 Å². The lowest BCUT2D eigenvalue weighted by atomic mass is 9.96. The fourth-order valence-electron chi connectivity index (χ4n) is 3.59. The molecule has 0 unspecified atom stereocenters. The van der Waals surface area contributed by atoms with Crippen molar-refractivity contribution in [1.82, 2.24) is 4.57 Å². The molecule has 0 saturated carbocycles. The van der Waals surface area contributed by atoms with Crippen molar-refractivity contribution in [3.8, 4) is 5.75 Å². The molecule has 1 aliphatic rings. The second kappa shape index (κ2) is 9.00. The molecule has 0 fully saturated rings. The van der Waals surface area contributed by atoms with E-state index in [2.05, 4.69) is 4.99 Å². The van der Waals surface area contributed by atoms with E-state index in [-0.39, 0.29) is 11.7 Å². The molecule has 3 aromatic rings. The second-order valence-corrected chi connectivity index (χ2v) is 8.56. The molecule has 3 heterocycles. The molecule has 0 saturated heterocycles. The Morgan fingerprint density at radius 3 is 2.66 bits per heavy atom. The molecule has 166 valence electrons. The maximum atomic E-state index is 13.4. The van der Waals surface area contributed by atoms with E-state index >= 15 is 0 Å². The van der Waals surface area contributed by atoms with Gasteiger partial charge < -0.3 is 13.9 Å². The van der Waals surface area contributed by atoms with Crippen LogP contribution in [0.25, 0.3) is 6.08 Å². The summed E-state index contributed by atoms with van der Waals surface area (Å²) in [5, 5.41) is 0. The number of fused-ring (bicyclic) bond motifs is 1. The number of thiazole rings is 1. The topological polar surface area (TPSA) is 83.0 Å². The number of esters is 1. The lowest BCUT2D eigenvalue weighted by Gasteiger charge is -2.25. The molecule has 0 aliphatic carbocycles. The molecule has 0 radical (unpaired) electrons. The van der Waals surface area contributed by atoms with Crippen molar-refractivity contribution in [1.29, 1.82) is 0 Å². The first kappa shape index (κ1) is 21.8. The van der Waals surface area contributed by atoms with Crippen LogP contribution in [-0.4, -0.2) is 23.2 Å². The van der Waals surface area contributed by atoms with Gasteiger partial charge >= 0.3 is 5.97 Å². The Balaban J connectivity index is 1.91. The number of hydrogen-bond acceptors (Lipinski definition) is 7. The summed E-state index contributed by atoms with van der Waals surface area (Å²) >= 11 is 1.26. The summed E-state index contributed by atoms with van der Waals surface area (Å²) < 4.78 is 18.5. The SMILES string of the molecule is CCOc1ccc([C@H]2C(C(=O)OC(C)C)=C(C)N=c3s/c(=C/c4ccco4)c(=O)n32)cc1. The number of rotatable bonds is 6. The monoisotopic (exact) mass is 452 g/mol. The standard InChI is InChI=1S/C24H24N2O5S/c1-5-29-17-10-8-16(9-11-17)21-20(23(28)31-14(2)3)15(4)25-24-26(21)22(27)19(32-24)13-18-7-6-12-30-18/h6-14,21H,5H2,1-4H3/b19-13+/t21-/m0/s1. The van der Waals surface area contributed by atoms with Crippen LogP contribution < -0.4 is 19.6 Å². The lowest BCUT2D eigenvalue weighted by Crippen LogP contribution is -2.40. The van der Waals surface area contributed by atoms with E-state index in [0.29, 0.717) is 38.7 Å². The molecule has 32 heavy (non-hydrogen) atoms. The highest BCUT2D eigenvalue weighted by Crippen LogP contribution is 2.31. The van der Waals surface area contributed by atoms with Crippen molar-refractivity contribution >= 4 is 23.4 Å². The van der Waals surface area contributed by atoms with Crippen LogP contribution in [0.15, 0.2) is 68.1 Å². The summed E-state index contributed by atoms with van der Waals surface area (Å²) in [6.45, 7) is 7.81. The van der Waals surface area contributed by atoms with E-state index in [1.165, 1.54) is 11.3 Å². The van der Waals surface area contributed by atoms with E-state index in [4.69, 9.17) is 13.9 Å². The number of hydrogen-bond donors (Lipinski definition) is 0. The van der Waals surface area contributed by atoms with Gasteiger partial charge in [0, 0.05) is 6.08 Å². The summed E-state index contributed by atoms with van der Waals surface area (Å²) in [6.07, 6.45) is 2.94. The number of benzene rings is 1. The van der Waals surface area contributed by atoms with Crippen LogP contribution in [0.1, 0.15) is 45.1 Å². The molecule has 7 nitrogen and oxygen atoms in total. The van der Waals surface area contributed by atoms with Crippen LogP contribution in [0, 0.1) is 0 Å². The number of aromatic nitrogens is 1. The quantitative estimate of drug-likeness (QED) is 0.537. The minimum atomic E-state index is -0.660. The normalized spacial score (nSPS) is 16.2. The third kappa shape index (κ3) is 4.18. The van der Waals surface area contributed by atoms with Crippen molar-refractivity contribution in [3.63, 3.8) is 0 Å². The minimum absolute atomic E-state index is 0.244. The first-order chi connectivity index (χ1) is 15.4. The summed E-state index contributed by atoms with van der Waals surface area (Å²) in [4.78, 5) is 31.6. The summed E-state index contributed by atoms with van der Waals surface area (Å²) in [5.41, 5.74) is 1.40. The van der Waals surface area contributed by atoms with Gasteiger partial charge in [-0.05, 0) is 57.5 Å². The molecule has 4 rings (SSSR count). The third-order valence-corrected chi connectivity index (χ3v) is 5.89. The van der Waals surface area contributed by atoms with Crippen molar-refractivity contribution in [2.45, 2.75) is 39.8 Å². The van der Waals surface area contributed by atoms with Crippen molar-refractivity contribution < 1.29 is 18.7 Å². The Bertz CT molecular complexity index is 1330. The van der Waals surface area contributed by atoms with Crippen LogP contribution in [0.4, 0.5) is 0 Å². The van der Waals surface area contributed by atoms with E-state index in [1.54, 1.807) is 49.8 Å². The highest BCUT2D eigenvalue weighted by molar-refractivity contribution is 7.07. The Kier molecular flexibility index (Phi) is 6.14. The second-order valence-electron chi connectivity index (χ2n) is 7.55. The molecular formula is C24H24N2O5S. The number of nitrogens with zero attached hydrogens (tertiary/aromatic N) is 2. The van der Waals surface area contributed by atoms with Crippen LogP contribution in [0.3, 0.4) is 0 Å². The summed E-state index contributed by atoms with van der Waals surface area (Å²) in [6, 6.07) is 10.3. The van der Waals surface area contributed by atoms with Crippen LogP contribution in [0.5, 0.6) is 5.75 Å². The Morgan fingerprint density at radius 1 is 1.28 bits per heavy atom. The molecule has 0 spiro atoms. The molecule has 8 heteroatoms. The van der Waals surface area contributed by atoms with Gasteiger partial charge in [0.15, 0.2) is 4.80 Å². The molecule has 1 atom stereocenters. The van der Waals surface area contributed by atoms with Gasteiger partial charge in [0.2, 0.25) is 0 Å². The highest BCUT2D eigenvalue weighted by atomic mass is 32.1. The van der Waals surface area contributed by atoms with Gasteiger partial charge in [0.05, 0.1) is 40.8 Å². The molecule has 2 aromatic heterocycles. The minimum Gasteiger partial charge on any atom is -0.494 e. The average molecular weight is 453 g/mol. The van der Waals surface area contributed by atoms with E-state index in [1.807, 2.05) is 31.2 Å². The number of carbonyl (C=O) groups excluding carboxylic acids is 1. The Morgan fingerprint density at radius 2 is 2.03 bits per heavy atom. The maximum Gasteiger partial charge on any atom is 0.338 e. The summed E-state index contributed by atoms with van der Waals surface area (Å²) in [7, 11) is 0. The van der Waals surface area contributed by atoms with Crippen molar-refractivity contribution in [2.24, 2.45) is 4.99 Å². The third-order valence-electron chi connectivity index (χ3n) is 4.91. The number of furan rings is 1. The molecule has 1 aromatic carbocycles. The first-order valence-corrected chi connectivity index (χ1v) is 11.2. The summed E-state index contributed by atoms with van der Waals surface area (Å²) in [5.74, 6) is 0.803. The van der Waals surface area contributed by atoms with Crippen LogP contribution in [0.2, 0.25) is 0 Å². The highest BCUT2D eigenvalue weighted by Gasteiger charge is 2.33. The zero-order valence-corrected chi connectivity index (χ0v) is 19.1. The predicted molar refractivity (Wildman–Crippen MR) is 121 cm³/mol. The number of ether oxygens (including phenoxy) is 2. The van der Waals surface area contributed by atoms with E-state index in [0.717, 1.165) is 5.56 Å². The van der Waals surface area contributed by atoms with Gasteiger partial charge in [-0.3, -0.25) is 9.36 Å². The van der Waals surface area contributed by atoms with Crippen molar-refractivity contribution in [3.05, 3.63) is 84.9 Å². The Labute approximate surface area is 188 Å². The van der Waals surface area contributed by atoms with Gasteiger partial charge in [-0.15, -0.1) is 0 Å². The molecule has 1 aliphatic heterocycles.